The molecule has 3 rings (SSSR count). The number of halogens is 1. The van der Waals surface area contributed by atoms with Gasteiger partial charge in [-0.25, -0.2) is 0 Å². The molecule has 0 atom stereocenters. The molecule has 0 radical (unpaired) electrons. The molecule has 138 valence electrons. The minimum absolute atomic E-state index is 0.0970. The van der Waals surface area contributed by atoms with Crippen molar-refractivity contribution in [3.8, 4) is 5.69 Å². The smallest absolute Gasteiger partial charge is 0.273 e. The Bertz CT molecular complexity index is 1070. The Balaban J connectivity index is 1.81. The van der Waals surface area contributed by atoms with Crippen LogP contribution in [0.1, 0.15) is 21.7 Å². The molecular weight excluding hydrogens is 434 g/mol. The third kappa shape index (κ3) is 4.12. The Morgan fingerprint density at radius 2 is 2.04 bits per heavy atom. The Morgan fingerprint density at radius 1 is 1.33 bits per heavy atom. The second-order valence-corrected chi connectivity index (χ2v) is 7.00. The number of rotatable bonds is 5. The Kier molecular flexibility index (Phi) is 5.47. The normalized spacial score (nSPS) is 10.6. The molecule has 8 nitrogen and oxygen atoms in total. The summed E-state index contributed by atoms with van der Waals surface area (Å²) in [6.07, 6.45) is 0. The third-order valence-electron chi connectivity index (χ3n) is 3.90. The fourth-order valence-electron chi connectivity index (χ4n) is 2.51. The van der Waals surface area contributed by atoms with E-state index in [-0.39, 0.29) is 17.8 Å². The first kappa shape index (κ1) is 18.9. The molecule has 0 spiro atoms. The molecule has 0 aliphatic rings. The van der Waals surface area contributed by atoms with Crippen LogP contribution in [0.15, 0.2) is 46.9 Å². The molecular formula is C17H14BrN5O3S. The maximum atomic E-state index is 12.4. The van der Waals surface area contributed by atoms with Crippen molar-refractivity contribution in [3.63, 3.8) is 0 Å². The summed E-state index contributed by atoms with van der Waals surface area (Å²) in [6, 6.07) is 11.8. The number of aryl methyl sites for hydroxylation is 1. The molecule has 27 heavy (non-hydrogen) atoms. The van der Waals surface area contributed by atoms with E-state index in [9.17, 15) is 14.9 Å². The van der Waals surface area contributed by atoms with E-state index in [1.165, 1.54) is 6.07 Å². The zero-order valence-corrected chi connectivity index (χ0v) is 16.5. The largest absolute Gasteiger partial charge is 0.345 e. The van der Waals surface area contributed by atoms with Crippen LogP contribution in [-0.4, -0.2) is 25.6 Å². The first-order valence-electron chi connectivity index (χ1n) is 7.82. The molecule has 2 aromatic carbocycles. The second-order valence-electron chi connectivity index (χ2n) is 5.70. The first-order valence-corrected chi connectivity index (χ1v) is 9.02. The zero-order chi connectivity index (χ0) is 19.6. The van der Waals surface area contributed by atoms with Gasteiger partial charge in [-0.3, -0.25) is 24.6 Å². The van der Waals surface area contributed by atoms with Crippen molar-refractivity contribution < 1.29 is 9.72 Å². The molecule has 3 aromatic rings. The van der Waals surface area contributed by atoms with Gasteiger partial charge in [0.1, 0.15) is 0 Å². The number of nitro groups is 1. The van der Waals surface area contributed by atoms with Crippen LogP contribution in [0.3, 0.4) is 0 Å². The average Bonchev–Trinajstić information content (AvgIpc) is 3.01. The van der Waals surface area contributed by atoms with Crippen molar-refractivity contribution in [2.24, 2.45) is 0 Å². The van der Waals surface area contributed by atoms with Gasteiger partial charge in [-0.05, 0) is 49.5 Å². The number of hydrogen-bond donors (Lipinski definition) is 2. The number of H-pyrrole nitrogens is 1. The molecule has 0 aliphatic carbocycles. The van der Waals surface area contributed by atoms with Crippen molar-refractivity contribution in [1.82, 2.24) is 20.1 Å². The Hall–Kier alpha value is -2.85. The number of nitro benzene ring substituents is 1. The molecule has 1 heterocycles. The van der Waals surface area contributed by atoms with Gasteiger partial charge in [-0.1, -0.05) is 22.0 Å². The molecule has 0 bridgehead atoms. The number of benzene rings is 2. The second kappa shape index (κ2) is 7.80. The summed E-state index contributed by atoms with van der Waals surface area (Å²) >= 11 is 8.65. The summed E-state index contributed by atoms with van der Waals surface area (Å²) in [5.41, 5.74) is 1.40. The van der Waals surface area contributed by atoms with Crippen LogP contribution in [0.25, 0.3) is 5.69 Å². The van der Waals surface area contributed by atoms with Crippen LogP contribution in [-0.2, 0) is 6.54 Å². The van der Waals surface area contributed by atoms with Gasteiger partial charge in [0.15, 0.2) is 10.6 Å². The monoisotopic (exact) mass is 447 g/mol. The molecule has 0 saturated carbocycles. The van der Waals surface area contributed by atoms with Crippen molar-refractivity contribution >= 4 is 39.7 Å². The average molecular weight is 448 g/mol. The number of nitrogens with one attached hydrogen (secondary N) is 2. The minimum atomic E-state index is -0.509. The van der Waals surface area contributed by atoms with Crippen LogP contribution in [0.2, 0.25) is 0 Å². The quantitative estimate of drug-likeness (QED) is 0.351. The van der Waals surface area contributed by atoms with E-state index in [0.717, 1.165) is 10.2 Å². The summed E-state index contributed by atoms with van der Waals surface area (Å²) in [5.74, 6) is 0.0756. The maximum Gasteiger partial charge on any atom is 0.273 e. The highest BCUT2D eigenvalue weighted by atomic mass is 79.9. The molecule has 1 aromatic heterocycles. The zero-order valence-electron chi connectivity index (χ0n) is 14.1. The number of nitrogens with zero attached hydrogens (tertiary/aromatic N) is 3. The van der Waals surface area contributed by atoms with E-state index in [2.05, 4.69) is 31.4 Å². The summed E-state index contributed by atoms with van der Waals surface area (Å²) in [4.78, 5) is 22.9. The van der Waals surface area contributed by atoms with Crippen LogP contribution in [0, 0.1) is 21.8 Å². The van der Waals surface area contributed by atoms with Gasteiger partial charge in [0.05, 0.1) is 11.5 Å². The minimum Gasteiger partial charge on any atom is -0.345 e. The SMILES string of the molecule is Cc1ccc(C(=O)NCc2n[nH]c(=S)n2-c2ccc(Br)cc2)cc1[N+](=O)[O-]. The number of carbonyl (C=O) groups is 1. The standard InChI is InChI=1S/C17H14BrN5O3S/c1-10-2-3-11(8-14(10)23(25)26)16(24)19-9-15-20-21-17(27)22(15)13-6-4-12(18)5-7-13/h2-8H,9H2,1H3,(H,19,24)(H,21,27). The Morgan fingerprint density at radius 3 is 2.70 bits per heavy atom. The third-order valence-corrected chi connectivity index (χ3v) is 4.70. The molecule has 2 N–H and O–H groups in total. The number of aromatic nitrogens is 3. The number of aromatic amines is 1. The lowest BCUT2D eigenvalue weighted by Crippen LogP contribution is -2.24. The van der Waals surface area contributed by atoms with E-state index in [4.69, 9.17) is 12.2 Å². The van der Waals surface area contributed by atoms with Gasteiger partial charge in [-0.2, -0.15) is 5.10 Å². The van der Waals surface area contributed by atoms with E-state index < -0.39 is 10.8 Å². The van der Waals surface area contributed by atoms with Crippen molar-refractivity contribution in [2.45, 2.75) is 13.5 Å². The predicted molar refractivity (Wildman–Crippen MR) is 105 cm³/mol. The van der Waals surface area contributed by atoms with Crippen LogP contribution in [0.5, 0.6) is 0 Å². The van der Waals surface area contributed by atoms with Crippen LogP contribution < -0.4 is 5.32 Å². The van der Waals surface area contributed by atoms with Gasteiger partial charge in [0.2, 0.25) is 0 Å². The molecule has 1 amide bonds. The highest BCUT2D eigenvalue weighted by Gasteiger charge is 2.16. The van der Waals surface area contributed by atoms with E-state index in [1.807, 2.05) is 24.3 Å². The lowest BCUT2D eigenvalue weighted by atomic mass is 10.1. The van der Waals surface area contributed by atoms with Crippen LogP contribution in [0.4, 0.5) is 5.69 Å². The number of hydrogen-bond acceptors (Lipinski definition) is 5. The molecule has 10 heteroatoms. The fraction of sp³-hybridized carbons (Fsp3) is 0.118. The highest BCUT2D eigenvalue weighted by molar-refractivity contribution is 9.10. The van der Waals surface area contributed by atoms with Gasteiger partial charge < -0.3 is 5.32 Å². The van der Waals surface area contributed by atoms with E-state index >= 15 is 0 Å². The van der Waals surface area contributed by atoms with Gasteiger partial charge in [0.25, 0.3) is 11.6 Å². The maximum absolute atomic E-state index is 12.4. The lowest BCUT2D eigenvalue weighted by Gasteiger charge is -2.09. The molecule has 0 aliphatic heterocycles. The summed E-state index contributed by atoms with van der Waals surface area (Å²) < 4.78 is 3.03. The molecule has 0 saturated heterocycles. The summed E-state index contributed by atoms with van der Waals surface area (Å²) in [7, 11) is 0. The van der Waals surface area contributed by atoms with Gasteiger partial charge >= 0.3 is 0 Å². The van der Waals surface area contributed by atoms with Crippen molar-refractivity contribution in [2.75, 3.05) is 0 Å². The lowest BCUT2D eigenvalue weighted by molar-refractivity contribution is -0.385. The first-order chi connectivity index (χ1) is 12.9. The van der Waals surface area contributed by atoms with E-state index in [0.29, 0.717) is 16.2 Å². The van der Waals surface area contributed by atoms with Crippen molar-refractivity contribution in [3.05, 3.63) is 78.8 Å². The summed E-state index contributed by atoms with van der Waals surface area (Å²) in [5, 5.41) is 20.6. The van der Waals surface area contributed by atoms with Crippen molar-refractivity contribution in [1.29, 1.82) is 0 Å². The van der Waals surface area contributed by atoms with Crippen LogP contribution >= 0.6 is 28.1 Å². The topological polar surface area (TPSA) is 106 Å². The summed E-state index contributed by atoms with van der Waals surface area (Å²) in [6.45, 7) is 1.72. The van der Waals surface area contributed by atoms with Gasteiger partial charge in [0, 0.05) is 27.4 Å². The predicted octanol–water partition coefficient (Wildman–Crippen LogP) is 3.84. The molecule has 0 unspecified atom stereocenters. The Labute approximate surface area is 167 Å². The fourth-order valence-corrected chi connectivity index (χ4v) is 3.03. The number of amides is 1. The highest BCUT2D eigenvalue weighted by Crippen LogP contribution is 2.19. The van der Waals surface area contributed by atoms with E-state index in [1.54, 1.807) is 23.6 Å². The number of carbonyl (C=O) groups excluding carboxylic acids is 1. The van der Waals surface area contributed by atoms with Gasteiger partial charge in [-0.15, -0.1) is 0 Å². The molecule has 0 fully saturated rings.